The third-order valence-corrected chi connectivity index (χ3v) is 9.06. The molecule has 2 fully saturated rings. The summed E-state index contributed by atoms with van der Waals surface area (Å²) in [5.41, 5.74) is 1.98. The Bertz CT molecular complexity index is 1670. The zero-order chi connectivity index (χ0) is 28.6. The van der Waals surface area contributed by atoms with Crippen LogP contribution in [0.2, 0.25) is 0 Å². The first kappa shape index (κ1) is 27.5. The van der Waals surface area contributed by atoms with E-state index in [1.807, 2.05) is 23.2 Å². The van der Waals surface area contributed by atoms with E-state index < -0.39 is 22.0 Å². The van der Waals surface area contributed by atoms with Crippen LogP contribution in [-0.4, -0.2) is 66.0 Å². The maximum Gasteiger partial charge on any atom is 0.416 e. The molecule has 2 aliphatic rings. The third kappa shape index (κ3) is 5.76. The van der Waals surface area contributed by atoms with Gasteiger partial charge in [0.05, 0.1) is 23.9 Å². The lowest BCUT2D eigenvalue weighted by molar-refractivity contribution is -0.137. The number of likely N-dealkylation sites (tertiary alicyclic amines) is 1. The molecule has 1 N–H and O–H groups in total. The zero-order valence-corrected chi connectivity index (χ0v) is 23.1. The van der Waals surface area contributed by atoms with Gasteiger partial charge in [-0.1, -0.05) is 0 Å². The molecule has 0 amide bonds. The highest BCUT2D eigenvalue weighted by Crippen LogP contribution is 2.34. The number of ether oxygens (including phenoxy) is 1. The average Bonchev–Trinajstić information content (AvgIpc) is 3.46. The van der Waals surface area contributed by atoms with Crippen molar-refractivity contribution in [2.24, 2.45) is 11.8 Å². The second-order valence-electron chi connectivity index (χ2n) is 10.7. The number of piperidine rings is 2. The van der Waals surface area contributed by atoms with E-state index in [1.165, 1.54) is 12.1 Å². The number of aromatic nitrogens is 3. The van der Waals surface area contributed by atoms with Crippen molar-refractivity contribution in [1.29, 1.82) is 0 Å². The first-order chi connectivity index (χ1) is 19.8. The molecule has 1 atom stereocenters. The number of pyridine rings is 2. The second kappa shape index (κ2) is 11.3. The molecule has 0 radical (unpaired) electrons. The predicted octanol–water partition coefficient (Wildman–Crippen LogP) is 5.15. The summed E-state index contributed by atoms with van der Waals surface area (Å²) in [4.78, 5) is 16.8. The predicted molar refractivity (Wildman–Crippen MR) is 151 cm³/mol. The van der Waals surface area contributed by atoms with Gasteiger partial charge in [-0.2, -0.15) is 21.6 Å². The van der Waals surface area contributed by atoms with Gasteiger partial charge < -0.3 is 14.6 Å². The number of aromatic amines is 1. The van der Waals surface area contributed by atoms with Crippen LogP contribution in [0.4, 0.5) is 18.9 Å². The monoisotopic (exact) mass is 585 g/mol. The van der Waals surface area contributed by atoms with E-state index in [0.717, 1.165) is 52.6 Å². The molecule has 12 heteroatoms. The number of H-pyrrole nitrogens is 1. The van der Waals surface area contributed by atoms with Crippen LogP contribution in [0.3, 0.4) is 0 Å². The fourth-order valence-corrected chi connectivity index (χ4v) is 7.01. The Balaban J connectivity index is 1.11. The molecule has 216 valence electrons. The summed E-state index contributed by atoms with van der Waals surface area (Å²) in [5, 5.41) is 2.05. The second-order valence-corrected chi connectivity index (χ2v) is 11.6. The van der Waals surface area contributed by atoms with Crippen LogP contribution in [0.5, 0.6) is 5.75 Å². The summed E-state index contributed by atoms with van der Waals surface area (Å²) in [6, 6.07) is 8.68. The van der Waals surface area contributed by atoms with Gasteiger partial charge in [0.25, 0.3) is 0 Å². The van der Waals surface area contributed by atoms with Gasteiger partial charge in [0.1, 0.15) is 16.4 Å². The lowest BCUT2D eigenvalue weighted by atomic mass is 9.92. The van der Waals surface area contributed by atoms with Crippen molar-refractivity contribution in [3.05, 3.63) is 60.6 Å². The Morgan fingerprint density at radius 3 is 2.54 bits per heavy atom. The number of hydrogen-bond donors (Lipinski definition) is 1. The molecule has 0 aliphatic carbocycles. The van der Waals surface area contributed by atoms with Gasteiger partial charge in [0.2, 0.25) is 10.3 Å². The van der Waals surface area contributed by atoms with Crippen molar-refractivity contribution < 1.29 is 26.3 Å². The van der Waals surface area contributed by atoms with Crippen molar-refractivity contribution in [3.8, 4) is 5.75 Å². The third-order valence-electron chi connectivity index (χ3n) is 8.12. The van der Waals surface area contributed by atoms with Gasteiger partial charge in [0, 0.05) is 66.9 Å². The van der Waals surface area contributed by atoms with Crippen LogP contribution in [0.25, 0.3) is 21.9 Å². The fraction of sp³-hybridized carbons (Fsp3) is 0.414. The number of alkyl halides is 3. The summed E-state index contributed by atoms with van der Waals surface area (Å²) in [7, 11) is -2.35. The van der Waals surface area contributed by atoms with E-state index >= 15 is 0 Å². The van der Waals surface area contributed by atoms with Crippen LogP contribution >= 0.6 is 0 Å². The van der Waals surface area contributed by atoms with E-state index in [0.29, 0.717) is 56.4 Å². The molecule has 1 aromatic carbocycles. The van der Waals surface area contributed by atoms with Gasteiger partial charge in [0.15, 0.2) is 0 Å². The minimum Gasteiger partial charge on any atom is -0.493 e. The van der Waals surface area contributed by atoms with Gasteiger partial charge >= 0.3 is 6.18 Å². The van der Waals surface area contributed by atoms with E-state index in [-0.39, 0.29) is 11.8 Å². The number of benzene rings is 1. The van der Waals surface area contributed by atoms with Crippen molar-refractivity contribution in [2.45, 2.75) is 31.9 Å². The molecule has 4 aromatic rings. The fourth-order valence-electron chi connectivity index (χ4n) is 6.12. The molecule has 2 aliphatic heterocycles. The zero-order valence-electron chi connectivity index (χ0n) is 22.3. The number of nitrogens with zero attached hydrogens (tertiary/aromatic N) is 4. The first-order valence-electron chi connectivity index (χ1n) is 13.7. The van der Waals surface area contributed by atoms with Crippen LogP contribution in [0, 0.1) is 11.8 Å². The molecule has 1 unspecified atom stereocenters. The highest BCUT2D eigenvalue weighted by Gasteiger charge is 2.33. The molecule has 2 saturated heterocycles. The Morgan fingerprint density at radius 1 is 1.02 bits per heavy atom. The molecule has 3 aromatic heterocycles. The molecule has 0 saturated carbocycles. The standard InChI is InChI=1S/C29H30F3N5O3S/c30-29(31,32)21-3-5-22(6-4-21)40-18-19-2-1-13-37(17-19)28(41(38)39)20-9-14-36(15-10-20)25-8-12-33-24-16-35-27-23(26(24)25)7-11-34-27/h3-8,11-12,16,19-20H,1-2,9-10,13-15,17-18H2,(H,34,35). The maximum atomic E-state index is 12.8. The lowest BCUT2D eigenvalue weighted by Crippen LogP contribution is -2.47. The summed E-state index contributed by atoms with van der Waals surface area (Å²) in [6.07, 6.45) is 4.13. The minimum absolute atomic E-state index is 0.0743. The summed E-state index contributed by atoms with van der Waals surface area (Å²) < 4.78 is 69.3. The number of fused-ring (bicyclic) bond motifs is 3. The number of halogens is 3. The SMILES string of the molecule is O=S(=O)=C(C1CCN(c2ccnc3cnc4[nH]ccc4c23)CC1)N1CCCC(COc2ccc(C(F)(F)F)cc2)C1. The molecule has 41 heavy (non-hydrogen) atoms. The van der Waals surface area contributed by atoms with Gasteiger partial charge in [-0.15, -0.1) is 0 Å². The number of nitrogens with one attached hydrogen (secondary N) is 1. The summed E-state index contributed by atoms with van der Waals surface area (Å²) >= 11 is 0. The maximum absolute atomic E-state index is 12.8. The molecule has 5 heterocycles. The average molecular weight is 586 g/mol. The normalized spacial score (nSPS) is 19.1. The van der Waals surface area contributed by atoms with Crippen LogP contribution < -0.4 is 9.64 Å². The van der Waals surface area contributed by atoms with Crippen LogP contribution in [0.15, 0.2) is 55.0 Å². The van der Waals surface area contributed by atoms with E-state index in [2.05, 4.69) is 19.9 Å². The summed E-state index contributed by atoms with van der Waals surface area (Å²) in [5.74, 6) is 0.363. The molecular weight excluding hydrogens is 555 g/mol. The Kier molecular flexibility index (Phi) is 7.60. The quantitative estimate of drug-likeness (QED) is 0.324. The Morgan fingerprint density at radius 2 is 1.80 bits per heavy atom. The number of rotatable bonds is 5. The minimum atomic E-state index is -4.39. The van der Waals surface area contributed by atoms with Crippen molar-refractivity contribution in [3.63, 3.8) is 0 Å². The highest BCUT2D eigenvalue weighted by molar-refractivity contribution is 7.72. The largest absolute Gasteiger partial charge is 0.493 e. The molecule has 8 nitrogen and oxygen atoms in total. The topological polar surface area (TPSA) is 91.4 Å². The number of hydrogen-bond acceptors (Lipinski definition) is 6. The smallest absolute Gasteiger partial charge is 0.416 e. The van der Waals surface area contributed by atoms with Crippen LogP contribution in [-0.2, 0) is 16.5 Å². The Hall–Kier alpha value is -3.64. The van der Waals surface area contributed by atoms with E-state index in [9.17, 15) is 21.6 Å². The molecular formula is C29H30F3N5O3S. The number of anilines is 1. The van der Waals surface area contributed by atoms with E-state index in [1.54, 1.807) is 12.4 Å². The van der Waals surface area contributed by atoms with Gasteiger partial charge in [-0.3, -0.25) is 9.88 Å². The van der Waals surface area contributed by atoms with Crippen molar-refractivity contribution in [2.75, 3.05) is 37.7 Å². The first-order valence-corrected chi connectivity index (χ1v) is 14.8. The Labute approximate surface area is 236 Å². The lowest BCUT2D eigenvalue weighted by Gasteiger charge is -2.39. The highest BCUT2D eigenvalue weighted by atomic mass is 32.2. The molecule has 0 spiro atoms. The van der Waals surface area contributed by atoms with Crippen molar-refractivity contribution >= 4 is 42.9 Å². The molecule has 6 rings (SSSR count). The van der Waals surface area contributed by atoms with E-state index in [4.69, 9.17) is 4.74 Å². The van der Waals surface area contributed by atoms with Crippen molar-refractivity contribution in [1.82, 2.24) is 19.9 Å². The summed E-state index contributed by atoms with van der Waals surface area (Å²) in [6.45, 7) is 2.95. The molecule has 0 bridgehead atoms. The van der Waals surface area contributed by atoms with Gasteiger partial charge in [-0.25, -0.2) is 4.98 Å². The van der Waals surface area contributed by atoms with Gasteiger partial charge in [-0.05, 0) is 62.1 Å². The van der Waals surface area contributed by atoms with Crippen LogP contribution in [0.1, 0.15) is 31.2 Å².